The van der Waals surface area contributed by atoms with E-state index in [4.69, 9.17) is 11.6 Å². The summed E-state index contributed by atoms with van der Waals surface area (Å²) in [7, 11) is 0. The molecule has 158 valence electrons. The van der Waals surface area contributed by atoms with Gasteiger partial charge in [-0.05, 0) is 43.7 Å². The van der Waals surface area contributed by atoms with Crippen LogP contribution in [0.25, 0.3) is 0 Å². The Morgan fingerprint density at radius 3 is 2.61 bits per heavy atom. The Kier molecular flexibility index (Phi) is 5.48. The van der Waals surface area contributed by atoms with Crippen LogP contribution in [-0.4, -0.2) is 21.8 Å². The lowest BCUT2D eigenvalue weighted by Crippen LogP contribution is -2.36. The standard InChI is InChI=1S/C22H20ClN5O3/c1-11-6-8-13(9-7-11)24-22-27-19-18(21(31)28-22)14(10-17(29)26-19)20(30)25-16-5-3-4-15(23)12(16)2/h3-9,14H,10H2,1-2H3,(H,25,30)(H3,24,26,27,28,29,31)/t14-/m1/s1. The molecular weight excluding hydrogens is 418 g/mol. The largest absolute Gasteiger partial charge is 0.326 e. The summed E-state index contributed by atoms with van der Waals surface area (Å²) in [5, 5.41) is 8.87. The molecule has 0 radical (unpaired) electrons. The van der Waals surface area contributed by atoms with Gasteiger partial charge >= 0.3 is 0 Å². The van der Waals surface area contributed by atoms with Gasteiger partial charge in [0.25, 0.3) is 5.56 Å². The maximum atomic E-state index is 13.0. The van der Waals surface area contributed by atoms with Crippen molar-refractivity contribution in [1.82, 2.24) is 9.97 Å². The molecule has 3 aromatic rings. The molecule has 0 saturated carbocycles. The van der Waals surface area contributed by atoms with Crippen molar-refractivity contribution < 1.29 is 9.59 Å². The summed E-state index contributed by atoms with van der Waals surface area (Å²) in [4.78, 5) is 45.0. The second-order valence-electron chi connectivity index (χ2n) is 7.37. The molecule has 1 aromatic heterocycles. The summed E-state index contributed by atoms with van der Waals surface area (Å²) < 4.78 is 0. The fraction of sp³-hybridized carbons (Fsp3) is 0.182. The highest BCUT2D eigenvalue weighted by Crippen LogP contribution is 2.31. The van der Waals surface area contributed by atoms with E-state index >= 15 is 0 Å². The molecule has 8 nitrogen and oxygen atoms in total. The summed E-state index contributed by atoms with van der Waals surface area (Å²) in [5.74, 6) is -1.62. The molecule has 0 fully saturated rings. The molecule has 9 heteroatoms. The highest BCUT2D eigenvalue weighted by Gasteiger charge is 2.35. The normalized spacial score (nSPS) is 15.1. The number of nitrogens with zero attached hydrogens (tertiary/aromatic N) is 1. The molecule has 2 heterocycles. The highest BCUT2D eigenvalue weighted by atomic mass is 35.5. The van der Waals surface area contributed by atoms with E-state index in [0.717, 1.165) is 11.3 Å². The van der Waals surface area contributed by atoms with Gasteiger partial charge in [0.1, 0.15) is 5.82 Å². The number of amides is 2. The third-order valence-corrected chi connectivity index (χ3v) is 5.52. The Hall–Kier alpha value is -3.65. The van der Waals surface area contributed by atoms with Crippen LogP contribution < -0.4 is 21.5 Å². The zero-order chi connectivity index (χ0) is 22.1. The lowest BCUT2D eigenvalue weighted by atomic mass is 9.92. The minimum absolute atomic E-state index is 0.0672. The van der Waals surface area contributed by atoms with Crippen molar-refractivity contribution in [1.29, 1.82) is 0 Å². The number of aryl methyl sites for hydroxylation is 1. The quantitative estimate of drug-likeness (QED) is 0.494. The number of halogens is 1. The van der Waals surface area contributed by atoms with Gasteiger partial charge < -0.3 is 16.0 Å². The molecule has 0 unspecified atom stereocenters. The summed E-state index contributed by atoms with van der Waals surface area (Å²) >= 11 is 6.12. The molecule has 4 N–H and O–H groups in total. The number of aromatic amines is 1. The van der Waals surface area contributed by atoms with Crippen molar-refractivity contribution >= 4 is 46.6 Å². The van der Waals surface area contributed by atoms with Crippen molar-refractivity contribution in [3.63, 3.8) is 0 Å². The third-order valence-electron chi connectivity index (χ3n) is 5.11. The van der Waals surface area contributed by atoms with Gasteiger partial charge in [0.2, 0.25) is 17.8 Å². The first-order valence-electron chi connectivity index (χ1n) is 9.65. The first-order chi connectivity index (χ1) is 14.8. The zero-order valence-corrected chi connectivity index (χ0v) is 17.6. The van der Waals surface area contributed by atoms with E-state index in [0.29, 0.717) is 16.3 Å². The molecule has 0 spiro atoms. The zero-order valence-electron chi connectivity index (χ0n) is 16.9. The van der Waals surface area contributed by atoms with E-state index in [1.54, 1.807) is 25.1 Å². The molecule has 2 aromatic carbocycles. The van der Waals surface area contributed by atoms with Gasteiger partial charge in [-0.2, -0.15) is 4.98 Å². The predicted octanol–water partition coefficient (Wildman–Crippen LogP) is 3.85. The molecule has 1 aliphatic rings. The number of fused-ring (bicyclic) bond motifs is 1. The van der Waals surface area contributed by atoms with Crippen LogP contribution in [0.2, 0.25) is 5.02 Å². The summed E-state index contributed by atoms with van der Waals surface area (Å²) in [6.45, 7) is 3.74. The fourth-order valence-electron chi connectivity index (χ4n) is 3.39. The number of H-pyrrole nitrogens is 1. The smallest absolute Gasteiger partial charge is 0.258 e. The average Bonchev–Trinajstić information content (AvgIpc) is 2.72. The first-order valence-corrected chi connectivity index (χ1v) is 10.0. The molecule has 1 aliphatic heterocycles. The van der Waals surface area contributed by atoms with E-state index in [2.05, 4.69) is 25.9 Å². The minimum Gasteiger partial charge on any atom is -0.326 e. The molecule has 0 aliphatic carbocycles. The Morgan fingerprint density at radius 1 is 1.13 bits per heavy atom. The number of hydrogen-bond acceptors (Lipinski definition) is 5. The van der Waals surface area contributed by atoms with Crippen molar-refractivity contribution in [2.45, 2.75) is 26.2 Å². The second kappa shape index (κ2) is 8.23. The van der Waals surface area contributed by atoms with E-state index in [1.807, 2.05) is 31.2 Å². The van der Waals surface area contributed by atoms with Crippen LogP contribution in [-0.2, 0) is 9.59 Å². The van der Waals surface area contributed by atoms with Crippen molar-refractivity contribution in [3.8, 4) is 0 Å². The van der Waals surface area contributed by atoms with Crippen molar-refractivity contribution in [2.75, 3.05) is 16.0 Å². The monoisotopic (exact) mass is 437 g/mol. The molecule has 0 saturated heterocycles. The van der Waals surface area contributed by atoms with Gasteiger partial charge in [-0.1, -0.05) is 35.4 Å². The fourth-order valence-corrected chi connectivity index (χ4v) is 3.57. The number of nitrogens with one attached hydrogen (secondary N) is 4. The molecule has 0 bridgehead atoms. The van der Waals surface area contributed by atoms with Crippen LogP contribution in [0.3, 0.4) is 0 Å². The van der Waals surface area contributed by atoms with Crippen LogP contribution in [0.4, 0.5) is 23.1 Å². The van der Waals surface area contributed by atoms with Gasteiger partial charge in [-0.3, -0.25) is 19.4 Å². The molecule has 1 atom stereocenters. The lowest BCUT2D eigenvalue weighted by molar-refractivity contribution is -0.123. The van der Waals surface area contributed by atoms with Gasteiger partial charge in [0.05, 0.1) is 11.5 Å². The van der Waals surface area contributed by atoms with E-state index < -0.39 is 23.3 Å². The number of hydrogen-bond donors (Lipinski definition) is 4. The Labute approximate surface area is 183 Å². The second-order valence-corrected chi connectivity index (χ2v) is 7.78. The maximum absolute atomic E-state index is 13.0. The van der Waals surface area contributed by atoms with Gasteiger partial charge in [-0.15, -0.1) is 0 Å². The Balaban J connectivity index is 1.65. The summed E-state index contributed by atoms with van der Waals surface area (Å²) in [6, 6.07) is 12.7. The predicted molar refractivity (Wildman–Crippen MR) is 120 cm³/mol. The number of rotatable bonds is 4. The van der Waals surface area contributed by atoms with Crippen molar-refractivity contribution in [2.24, 2.45) is 0 Å². The summed E-state index contributed by atoms with van der Waals surface area (Å²) in [6.07, 6.45) is -0.159. The highest BCUT2D eigenvalue weighted by molar-refractivity contribution is 6.31. The number of aromatic nitrogens is 2. The van der Waals surface area contributed by atoms with Gasteiger partial charge in [0, 0.05) is 22.8 Å². The average molecular weight is 438 g/mol. The maximum Gasteiger partial charge on any atom is 0.258 e. The Morgan fingerprint density at radius 2 is 1.87 bits per heavy atom. The number of carbonyl (C=O) groups is 2. The van der Waals surface area contributed by atoms with Gasteiger partial charge in [-0.25, -0.2) is 0 Å². The van der Waals surface area contributed by atoms with Crippen LogP contribution in [0.5, 0.6) is 0 Å². The summed E-state index contributed by atoms with van der Waals surface area (Å²) in [5.41, 5.74) is 2.65. The number of benzene rings is 2. The molecular formula is C22H20ClN5O3. The van der Waals surface area contributed by atoms with Crippen LogP contribution in [0.15, 0.2) is 47.3 Å². The van der Waals surface area contributed by atoms with Crippen molar-refractivity contribution in [3.05, 3.63) is 74.5 Å². The van der Waals surface area contributed by atoms with E-state index in [1.165, 1.54) is 0 Å². The van der Waals surface area contributed by atoms with E-state index in [9.17, 15) is 14.4 Å². The SMILES string of the molecule is Cc1ccc(Nc2nc3c(c(=O)[nH]2)[C@H](C(=O)Nc2cccc(Cl)c2C)CC(=O)N3)cc1. The number of anilines is 4. The van der Waals surface area contributed by atoms with Crippen LogP contribution in [0, 0.1) is 13.8 Å². The van der Waals surface area contributed by atoms with E-state index in [-0.39, 0.29) is 23.8 Å². The molecule has 4 rings (SSSR count). The molecule has 31 heavy (non-hydrogen) atoms. The van der Waals surface area contributed by atoms with Gasteiger partial charge in [0.15, 0.2) is 0 Å². The topological polar surface area (TPSA) is 116 Å². The van der Waals surface area contributed by atoms with Crippen LogP contribution in [0.1, 0.15) is 29.0 Å². The third kappa shape index (κ3) is 4.29. The molecule has 2 amide bonds. The van der Waals surface area contributed by atoms with Crippen LogP contribution >= 0.6 is 11.6 Å². The lowest BCUT2D eigenvalue weighted by Gasteiger charge is -2.24. The Bertz CT molecular complexity index is 1240. The first kappa shape index (κ1) is 20.6. The number of carbonyl (C=O) groups excluding carboxylic acids is 2. The minimum atomic E-state index is -0.980.